The van der Waals surface area contributed by atoms with Gasteiger partial charge in [-0.15, -0.1) is 0 Å². The fourth-order valence-corrected chi connectivity index (χ4v) is 12.3. The molecule has 0 radical (unpaired) electrons. The number of carboxylic acid groups (broad SMARTS) is 6. The molecule has 9 N–H and O–H groups in total. The first-order chi connectivity index (χ1) is 31.8. The molecule has 6 atom stereocenters. The van der Waals surface area contributed by atoms with E-state index in [0.717, 1.165) is 62.5 Å². The van der Waals surface area contributed by atoms with Crippen LogP contribution in [0.15, 0.2) is 60.7 Å². The van der Waals surface area contributed by atoms with E-state index >= 15 is 0 Å². The Balaban J connectivity index is 0.00000100. The van der Waals surface area contributed by atoms with Crippen LogP contribution in [0.4, 0.5) is 0 Å². The molecule has 0 aliphatic rings. The van der Waals surface area contributed by atoms with Crippen molar-refractivity contribution in [3.05, 3.63) is 71.8 Å². The first-order valence-electron chi connectivity index (χ1n) is 23.1. The molecule has 0 saturated heterocycles. The maximum atomic E-state index is 12.4. The molecular weight excluding hydrogens is 945 g/mol. The van der Waals surface area contributed by atoms with E-state index in [2.05, 4.69) is 0 Å². The number of carboxylic acids is 6. The number of carbonyl (C=O) groups is 6. The standard InChI is InChI=1S/C18H27O6P.C17H25O6P.C12H23O6P/c19-17(20)12-8-3-1-2-7-11-16(18(21)22)14-25(23,24)13-15-9-5-4-6-10-15;18-16(19)11-7-2-1-6-10-15(17(20)21)13-24(22,23)12-14-8-4-3-5-9-14;1-19(17,18)9-10(12(15)16)7-5-3-2-4-6-8-11(13)14/h4-6,9-10,16H,1-3,7-8,11-14H2,(H,19,20)(H,21,22)(H,23,24);3-5,8-9,15H,1-2,6-7,10-13H2,(H,18,19)(H,20,21)(H,22,23);10H,2-9H2,1H3,(H,13,14)(H,15,16)(H,17,18). The molecule has 0 saturated carbocycles. The van der Waals surface area contributed by atoms with Gasteiger partial charge in [0.1, 0.15) is 0 Å². The highest BCUT2D eigenvalue weighted by atomic mass is 31.2. The molecule has 0 aliphatic carbocycles. The van der Waals surface area contributed by atoms with Gasteiger partial charge in [0.15, 0.2) is 7.37 Å². The molecule has 0 heterocycles. The molecule has 6 unspecified atom stereocenters. The van der Waals surface area contributed by atoms with Gasteiger partial charge < -0.3 is 45.3 Å². The van der Waals surface area contributed by atoms with Crippen molar-refractivity contribution >= 4 is 57.9 Å². The number of benzene rings is 2. The lowest BCUT2D eigenvalue weighted by Gasteiger charge is -2.17. The molecule has 68 heavy (non-hydrogen) atoms. The molecular formula is C47H75O18P3. The zero-order valence-electron chi connectivity index (χ0n) is 39.2. The normalized spacial score (nSPS) is 14.9. The van der Waals surface area contributed by atoms with Crippen LogP contribution >= 0.6 is 22.1 Å². The Kier molecular flexibility index (Phi) is 33.7. The van der Waals surface area contributed by atoms with Gasteiger partial charge in [-0.3, -0.25) is 42.5 Å². The van der Waals surface area contributed by atoms with Crippen LogP contribution in [0.2, 0.25) is 0 Å². The first kappa shape index (κ1) is 63.8. The van der Waals surface area contributed by atoms with Gasteiger partial charge in [-0.2, -0.15) is 0 Å². The summed E-state index contributed by atoms with van der Waals surface area (Å²) in [7, 11) is -10.4. The highest BCUT2D eigenvalue weighted by molar-refractivity contribution is 7.57. The Morgan fingerprint density at radius 1 is 0.397 bits per heavy atom. The molecule has 2 rings (SSSR count). The predicted molar refractivity (Wildman–Crippen MR) is 259 cm³/mol. The minimum atomic E-state index is -3.56. The Morgan fingerprint density at radius 3 is 0.897 bits per heavy atom. The SMILES string of the molecule is CP(=O)(O)CC(CCCCCCCC(=O)O)C(=O)O.O=C(O)CCCCCCC(CP(=O)(O)Cc1ccccc1)C(=O)O.O=C(O)CCCCCCCC(CP(=O)(O)Cc1ccccc1)C(=O)O. The second-order valence-electron chi connectivity index (χ2n) is 17.4. The average Bonchev–Trinajstić information content (AvgIpc) is 3.22. The molecule has 0 aliphatic heterocycles. The highest BCUT2D eigenvalue weighted by Crippen LogP contribution is 2.48. The Morgan fingerprint density at radius 2 is 0.647 bits per heavy atom. The van der Waals surface area contributed by atoms with Crippen molar-refractivity contribution in [2.24, 2.45) is 17.8 Å². The van der Waals surface area contributed by atoms with Gasteiger partial charge in [0.25, 0.3) is 0 Å². The maximum Gasteiger partial charge on any atom is 0.307 e. The molecule has 0 bridgehead atoms. The quantitative estimate of drug-likeness (QED) is 0.0226. The average molecular weight is 1020 g/mol. The lowest BCUT2D eigenvalue weighted by atomic mass is 10.0. The zero-order valence-corrected chi connectivity index (χ0v) is 41.9. The van der Waals surface area contributed by atoms with Crippen molar-refractivity contribution in [1.82, 2.24) is 0 Å². The second kappa shape index (κ2) is 35.9. The van der Waals surface area contributed by atoms with E-state index in [4.69, 9.17) is 20.4 Å². The van der Waals surface area contributed by atoms with E-state index in [9.17, 15) is 67.4 Å². The second-order valence-corrected chi connectivity index (χ2v) is 24.6. The summed E-state index contributed by atoms with van der Waals surface area (Å²) < 4.78 is 35.9. The van der Waals surface area contributed by atoms with Crippen molar-refractivity contribution < 1.29 is 87.8 Å². The van der Waals surface area contributed by atoms with E-state index < -0.39 is 75.7 Å². The van der Waals surface area contributed by atoms with Gasteiger partial charge in [0.2, 0.25) is 14.7 Å². The lowest BCUT2D eigenvalue weighted by molar-refractivity contribution is -0.142. The van der Waals surface area contributed by atoms with Crippen molar-refractivity contribution in [3.63, 3.8) is 0 Å². The van der Waals surface area contributed by atoms with Crippen LogP contribution in [0.3, 0.4) is 0 Å². The van der Waals surface area contributed by atoms with Crippen molar-refractivity contribution in [2.75, 3.05) is 25.2 Å². The zero-order chi connectivity index (χ0) is 51.6. The van der Waals surface area contributed by atoms with Crippen LogP contribution in [0.1, 0.15) is 140 Å². The van der Waals surface area contributed by atoms with Crippen LogP contribution < -0.4 is 0 Å². The Labute approximate surface area is 400 Å². The number of aliphatic carboxylic acids is 6. The molecule has 386 valence electrons. The van der Waals surface area contributed by atoms with Gasteiger partial charge in [-0.05, 0) is 49.7 Å². The van der Waals surface area contributed by atoms with Gasteiger partial charge >= 0.3 is 35.8 Å². The molecule has 2 aromatic carbocycles. The summed E-state index contributed by atoms with van der Waals surface area (Å²) in [5.41, 5.74) is 1.46. The summed E-state index contributed by atoms with van der Waals surface area (Å²) in [6, 6.07) is 17.8. The fourth-order valence-electron chi connectivity index (χ4n) is 7.26. The molecule has 0 fully saturated rings. The van der Waals surface area contributed by atoms with E-state index in [1.165, 1.54) is 6.66 Å². The van der Waals surface area contributed by atoms with Gasteiger partial charge in [0, 0.05) is 56.7 Å². The smallest absolute Gasteiger partial charge is 0.307 e. The highest BCUT2D eigenvalue weighted by Gasteiger charge is 2.30. The number of hydrogen-bond acceptors (Lipinski definition) is 9. The Hall–Kier alpha value is -4.17. The van der Waals surface area contributed by atoms with Crippen LogP contribution in [-0.2, 0) is 54.8 Å². The van der Waals surface area contributed by atoms with Crippen molar-refractivity contribution in [3.8, 4) is 0 Å². The van der Waals surface area contributed by atoms with Crippen LogP contribution in [0.5, 0.6) is 0 Å². The summed E-state index contributed by atoms with van der Waals surface area (Å²) in [5, 5.41) is 53.1. The molecule has 18 nitrogen and oxygen atoms in total. The van der Waals surface area contributed by atoms with E-state index in [-0.39, 0.29) is 50.1 Å². The Bertz CT molecular complexity index is 1920. The monoisotopic (exact) mass is 1020 g/mol. The third kappa shape index (κ3) is 37.8. The van der Waals surface area contributed by atoms with E-state index in [1.807, 2.05) is 12.1 Å². The van der Waals surface area contributed by atoms with E-state index in [1.54, 1.807) is 48.5 Å². The number of hydrogen-bond donors (Lipinski definition) is 9. The molecule has 0 spiro atoms. The van der Waals surface area contributed by atoms with Crippen molar-refractivity contribution in [2.45, 2.75) is 141 Å². The minimum Gasteiger partial charge on any atom is -0.481 e. The van der Waals surface area contributed by atoms with Crippen molar-refractivity contribution in [1.29, 1.82) is 0 Å². The predicted octanol–water partition coefficient (Wildman–Crippen LogP) is 9.96. The van der Waals surface area contributed by atoms with Crippen LogP contribution in [0.25, 0.3) is 0 Å². The van der Waals surface area contributed by atoms with Gasteiger partial charge in [-0.25, -0.2) is 0 Å². The fraction of sp³-hybridized carbons (Fsp3) is 0.617. The third-order valence-electron chi connectivity index (χ3n) is 10.7. The number of rotatable bonds is 36. The van der Waals surface area contributed by atoms with Crippen LogP contribution in [0, 0.1) is 17.8 Å². The lowest BCUT2D eigenvalue weighted by Crippen LogP contribution is -2.18. The van der Waals surface area contributed by atoms with Gasteiger partial charge in [0.05, 0.1) is 17.8 Å². The number of unbranched alkanes of at least 4 members (excludes halogenated alkanes) is 11. The molecule has 0 aromatic heterocycles. The summed E-state index contributed by atoms with van der Waals surface area (Å²) in [4.78, 5) is 94.2. The summed E-state index contributed by atoms with van der Waals surface area (Å²) in [6.07, 6.45) is 11.1. The molecule has 2 aromatic rings. The molecule has 0 amide bonds. The summed E-state index contributed by atoms with van der Waals surface area (Å²) in [5.74, 6) is -7.98. The van der Waals surface area contributed by atoms with Crippen LogP contribution in [-0.4, -0.2) is 106 Å². The summed E-state index contributed by atoms with van der Waals surface area (Å²) >= 11 is 0. The minimum absolute atomic E-state index is 0.00713. The largest absolute Gasteiger partial charge is 0.481 e. The topological polar surface area (TPSA) is 336 Å². The third-order valence-corrected chi connectivity index (χ3v) is 15.6. The maximum absolute atomic E-state index is 12.4. The van der Waals surface area contributed by atoms with E-state index in [0.29, 0.717) is 57.8 Å². The van der Waals surface area contributed by atoms with Gasteiger partial charge in [-0.1, -0.05) is 131 Å². The first-order valence-corrected chi connectivity index (χ1v) is 29.5. The summed E-state index contributed by atoms with van der Waals surface area (Å²) in [6.45, 7) is 1.18. The molecule has 21 heteroatoms.